The van der Waals surface area contributed by atoms with E-state index in [0.29, 0.717) is 31.0 Å². The van der Waals surface area contributed by atoms with Crippen molar-refractivity contribution in [2.75, 3.05) is 40.4 Å². The Kier molecular flexibility index (Phi) is 6.18. The highest BCUT2D eigenvalue weighted by Gasteiger charge is 2.24. The van der Waals surface area contributed by atoms with Crippen LogP contribution in [0.4, 0.5) is 4.39 Å². The topological polar surface area (TPSA) is 70.7 Å². The first-order valence-corrected chi connectivity index (χ1v) is 10.1. The minimum absolute atomic E-state index is 0.0672. The van der Waals surface area contributed by atoms with Gasteiger partial charge in [0.2, 0.25) is 0 Å². The molecule has 1 fully saturated rings. The van der Waals surface area contributed by atoms with Gasteiger partial charge in [0.25, 0.3) is 5.91 Å². The van der Waals surface area contributed by atoms with Gasteiger partial charge in [0.05, 0.1) is 19.9 Å². The summed E-state index contributed by atoms with van der Waals surface area (Å²) in [6.45, 7) is 3.29. The van der Waals surface area contributed by atoms with E-state index in [1.54, 1.807) is 19.2 Å². The largest absolute Gasteiger partial charge is 0.497 e. The molecule has 0 unspecified atom stereocenters. The van der Waals surface area contributed by atoms with Crippen molar-refractivity contribution in [3.05, 3.63) is 65.6 Å². The number of ether oxygens (including phenoxy) is 2. The standard InChI is InChI=1S/C23H25FN4O3/c1-30-18-6-4-17(5-7-18)20-14-21(26-25-20)23(29)28-11-9-27(10-12-28)15-16-3-8-22(31-2)19(24)13-16/h3-8,13-14H,9-12,15H2,1-2H3,(H,25,26). The van der Waals surface area contributed by atoms with Crippen LogP contribution in [0.2, 0.25) is 0 Å². The van der Waals surface area contributed by atoms with Gasteiger partial charge >= 0.3 is 0 Å². The molecule has 31 heavy (non-hydrogen) atoms. The van der Waals surface area contributed by atoms with Gasteiger partial charge in [-0.25, -0.2) is 4.39 Å². The Morgan fingerprint density at radius 2 is 1.77 bits per heavy atom. The number of amides is 1. The fourth-order valence-corrected chi connectivity index (χ4v) is 3.69. The van der Waals surface area contributed by atoms with E-state index in [4.69, 9.17) is 9.47 Å². The number of methoxy groups -OCH3 is 2. The molecule has 8 heteroatoms. The molecule has 0 bridgehead atoms. The van der Waals surface area contributed by atoms with Crippen molar-refractivity contribution in [1.29, 1.82) is 0 Å². The zero-order chi connectivity index (χ0) is 21.8. The lowest BCUT2D eigenvalue weighted by Crippen LogP contribution is -2.48. The molecule has 7 nitrogen and oxygen atoms in total. The van der Waals surface area contributed by atoms with Gasteiger partial charge in [-0.2, -0.15) is 5.10 Å². The third-order valence-corrected chi connectivity index (χ3v) is 5.48. The molecule has 3 aromatic rings. The Balaban J connectivity index is 1.34. The van der Waals surface area contributed by atoms with E-state index in [1.807, 2.05) is 35.2 Å². The second kappa shape index (κ2) is 9.18. The van der Waals surface area contributed by atoms with Crippen LogP contribution in [-0.4, -0.2) is 66.3 Å². The minimum atomic E-state index is -0.360. The van der Waals surface area contributed by atoms with Crippen LogP contribution in [0.3, 0.4) is 0 Å². The monoisotopic (exact) mass is 424 g/mol. The Hall–Kier alpha value is -3.39. The van der Waals surface area contributed by atoms with E-state index in [1.165, 1.54) is 13.2 Å². The lowest BCUT2D eigenvalue weighted by Gasteiger charge is -2.34. The van der Waals surface area contributed by atoms with Crippen LogP contribution in [0.15, 0.2) is 48.5 Å². The zero-order valence-corrected chi connectivity index (χ0v) is 17.6. The van der Waals surface area contributed by atoms with Crippen molar-refractivity contribution >= 4 is 5.91 Å². The molecule has 1 saturated heterocycles. The highest BCUT2D eigenvalue weighted by atomic mass is 19.1. The van der Waals surface area contributed by atoms with Crippen molar-refractivity contribution in [3.8, 4) is 22.8 Å². The summed E-state index contributed by atoms with van der Waals surface area (Å²) in [5, 5.41) is 7.14. The molecule has 1 aliphatic rings. The number of hydrogen-bond donors (Lipinski definition) is 1. The SMILES string of the molecule is COc1ccc(-c2cc(C(=O)N3CCN(Cc4ccc(OC)c(F)c4)CC3)[nH]n2)cc1. The average molecular weight is 424 g/mol. The van der Waals surface area contributed by atoms with Gasteiger partial charge in [-0.15, -0.1) is 0 Å². The van der Waals surface area contributed by atoms with Gasteiger partial charge in [0.15, 0.2) is 11.6 Å². The molecule has 4 rings (SSSR count). The number of benzene rings is 2. The zero-order valence-electron chi connectivity index (χ0n) is 17.6. The lowest BCUT2D eigenvalue weighted by atomic mass is 10.1. The predicted molar refractivity (Wildman–Crippen MR) is 115 cm³/mol. The van der Waals surface area contributed by atoms with Gasteiger partial charge in [-0.1, -0.05) is 6.07 Å². The summed E-state index contributed by atoms with van der Waals surface area (Å²) in [5.41, 5.74) is 2.98. The number of rotatable bonds is 6. The highest BCUT2D eigenvalue weighted by molar-refractivity contribution is 5.93. The average Bonchev–Trinajstić information content (AvgIpc) is 3.30. The third-order valence-electron chi connectivity index (χ3n) is 5.48. The third kappa shape index (κ3) is 4.69. The van der Waals surface area contributed by atoms with Crippen LogP contribution < -0.4 is 9.47 Å². The number of aromatic nitrogens is 2. The molecule has 0 saturated carbocycles. The molecular formula is C23H25FN4O3. The molecule has 162 valence electrons. The Morgan fingerprint density at radius 1 is 1.03 bits per heavy atom. The van der Waals surface area contributed by atoms with Crippen molar-refractivity contribution in [1.82, 2.24) is 20.0 Å². The first-order chi connectivity index (χ1) is 15.1. The number of nitrogens with zero attached hydrogens (tertiary/aromatic N) is 3. The summed E-state index contributed by atoms with van der Waals surface area (Å²) in [4.78, 5) is 16.9. The second-order valence-corrected chi connectivity index (χ2v) is 7.43. The summed E-state index contributed by atoms with van der Waals surface area (Å²) < 4.78 is 24.1. The maximum atomic E-state index is 13.9. The maximum Gasteiger partial charge on any atom is 0.271 e. The van der Waals surface area contributed by atoms with E-state index in [9.17, 15) is 9.18 Å². The number of hydrogen-bond acceptors (Lipinski definition) is 5. The molecule has 2 aromatic carbocycles. The van der Waals surface area contributed by atoms with Gasteiger partial charge in [-0.05, 0) is 48.0 Å². The Bertz CT molecular complexity index is 1040. The number of carbonyl (C=O) groups excluding carboxylic acids is 1. The number of halogens is 1. The van der Waals surface area contributed by atoms with E-state index in [2.05, 4.69) is 15.1 Å². The van der Waals surface area contributed by atoms with E-state index in [0.717, 1.165) is 30.0 Å². The molecule has 1 aromatic heterocycles. The molecule has 2 heterocycles. The number of nitrogens with one attached hydrogen (secondary N) is 1. The molecule has 0 aliphatic carbocycles. The molecule has 0 spiro atoms. The van der Waals surface area contributed by atoms with Crippen LogP contribution in [0, 0.1) is 5.82 Å². The highest BCUT2D eigenvalue weighted by Crippen LogP contribution is 2.22. The summed E-state index contributed by atoms with van der Waals surface area (Å²) >= 11 is 0. The van der Waals surface area contributed by atoms with Gasteiger partial charge in [0, 0.05) is 38.3 Å². The van der Waals surface area contributed by atoms with Crippen LogP contribution in [0.5, 0.6) is 11.5 Å². The van der Waals surface area contributed by atoms with Crippen molar-refractivity contribution in [2.24, 2.45) is 0 Å². The van der Waals surface area contributed by atoms with Crippen molar-refractivity contribution in [2.45, 2.75) is 6.54 Å². The predicted octanol–water partition coefficient (Wildman–Crippen LogP) is 3.19. The van der Waals surface area contributed by atoms with Crippen molar-refractivity contribution in [3.63, 3.8) is 0 Å². The Morgan fingerprint density at radius 3 is 2.42 bits per heavy atom. The number of piperazine rings is 1. The lowest BCUT2D eigenvalue weighted by molar-refractivity contribution is 0.0622. The Labute approximate surface area is 180 Å². The summed E-state index contributed by atoms with van der Waals surface area (Å²) in [7, 11) is 3.07. The molecule has 1 N–H and O–H groups in total. The molecular weight excluding hydrogens is 399 g/mol. The summed E-state index contributed by atoms with van der Waals surface area (Å²) in [6, 6.07) is 14.3. The molecule has 0 atom stereocenters. The van der Waals surface area contributed by atoms with Gasteiger partial charge in [0.1, 0.15) is 11.4 Å². The number of H-pyrrole nitrogens is 1. The normalized spacial score (nSPS) is 14.5. The van der Waals surface area contributed by atoms with E-state index < -0.39 is 0 Å². The van der Waals surface area contributed by atoms with E-state index in [-0.39, 0.29) is 17.5 Å². The molecule has 1 amide bonds. The van der Waals surface area contributed by atoms with Crippen LogP contribution >= 0.6 is 0 Å². The first-order valence-electron chi connectivity index (χ1n) is 10.1. The fraction of sp³-hybridized carbons (Fsp3) is 0.304. The van der Waals surface area contributed by atoms with Crippen LogP contribution in [-0.2, 0) is 6.54 Å². The van der Waals surface area contributed by atoms with E-state index >= 15 is 0 Å². The summed E-state index contributed by atoms with van der Waals surface area (Å²) in [5.74, 6) is 0.585. The summed E-state index contributed by atoms with van der Waals surface area (Å²) in [6.07, 6.45) is 0. The minimum Gasteiger partial charge on any atom is -0.497 e. The molecule has 0 radical (unpaired) electrons. The van der Waals surface area contributed by atoms with Gasteiger partial charge < -0.3 is 14.4 Å². The molecule has 1 aliphatic heterocycles. The van der Waals surface area contributed by atoms with Crippen LogP contribution in [0.25, 0.3) is 11.3 Å². The number of carbonyl (C=O) groups is 1. The van der Waals surface area contributed by atoms with Crippen molar-refractivity contribution < 1.29 is 18.7 Å². The van der Waals surface area contributed by atoms with Crippen LogP contribution in [0.1, 0.15) is 16.1 Å². The van der Waals surface area contributed by atoms with Gasteiger partial charge in [-0.3, -0.25) is 14.8 Å². The number of aromatic amines is 1. The quantitative estimate of drug-likeness (QED) is 0.658. The first kappa shape index (κ1) is 20.9. The maximum absolute atomic E-state index is 13.9. The second-order valence-electron chi connectivity index (χ2n) is 7.43. The fourth-order valence-electron chi connectivity index (χ4n) is 3.69. The smallest absolute Gasteiger partial charge is 0.271 e.